The Kier molecular flexibility index (Phi) is 12.6. The van der Waals surface area contributed by atoms with Crippen LogP contribution >= 0.6 is 31.9 Å². The maximum Gasteiger partial charge on any atom is 0.394 e. The fourth-order valence-corrected chi connectivity index (χ4v) is 3.31. The first-order chi connectivity index (χ1) is 17.6. The molecule has 0 saturated heterocycles. The predicted molar refractivity (Wildman–Crippen MR) is 155 cm³/mol. The van der Waals surface area contributed by atoms with Crippen molar-refractivity contribution < 1.29 is 22.3 Å². The van der Waals surface area contributed by atoms with Gasteiger partial charge >= 0.3 is 10.4 Å². The molecule has 0 unspecified atom stereocenters. The summed E-state index contributed by atoms with van der Waals surface area (Å²) >= 11 is 6.88. The summed E-state index contributed by atoms with van der Waals surface area (Å²) in [5, 5.41) is 8.17. The molecule has 0 aliphatic rings. The number of amides is 1. The number of rotatable bonds is 8. The van der Waals surface area contributed by atoms with Crippen LogP contribution in [0.2, 0.25) is 0 Å². The molecule has 0 aliphatic carbocycles. The van der Waals surface area contributed by atoms with Crippen LogP contribution in [0, 0.1) is 0 Å². The average molecular weight is 650 g/mol. The monoisotopic (exact) mass is 648 g/mol. The number of allylic oxidation sites excluding steroid dienone is 2. The van der Waals surface area contributed by atoms with Gasteiger partial charge in [-0.15, -0.1) is 0 Å². The molecular formula is C25H22Br2N4O5S. The van der Waals surface area contributed by atoms with Gasteiger partial charge < -0.3 is 0 Å². The van der Waals surface area contributed by atoms with Crippen molar-refractivity contribution in [2.45, 2.75) is 0 Å². The normalized spacial score (nSPS) is 12.2. The van der Waals surface area contributed by atoms with Crippen molar-refractivity contribution in [1.82, 2.24) is 5.43 Å². The molecule has 3 aromatic rings. The average Bonchev–Trinajstić information content (AvgIpc) is 2.84. The molecule has 3 aromatic carbocycles. The Bertz CT molecular complexity index is 1370. The summed E-state index contributed by atoms with van der Waals surface area (Å²) in [5.74, 6) is -0.301. The molecule has 9 nitrogen and oxygen atoms in total. The number of carbonyl (C=O) groups excluding carboxylic acids is 1. The summed E-state index contributed by atoms with van der Waals surface area (Å²) in [6.45, 7) is 0. The fourth-order valence-electron chi connectivity index (χ4n) is 2.57. The zero-order valence-corrected chi connectivity index (χ0v) is 23.1. The number of benzene rings is 3. The third-order valence-electron chi connectivity index (χ3n) is 4.09. The van der Waals surface area contributed by atoms with Crippen LogP contribution in [-0.2, 0) is 10.4 Å². The van der Waals surface area contributed by atoms with Crippen molar-refractivity contribution in [3.8, 4) is 0 Å². The second kappa shape index (κ2) is 15.6. The Morgan fingerprint density at radius 1 is 0.730 bits per heavy atom. The Labute approximate surface area is 231 Å². The molecule has 1 amide bonds. The van der Waals surface area contributed by atoms with E-state index in [9.17, 15) is 4.79 Å². The molecule has 0 fully saturated rings. The van der Waals surface area contributed by atoms with Gasteiger partial charge in [0.15, 0.2) is 0 Å². The molecule has 37 heavy (non-hydrogen) atoms. The highest BCUT2D eigenvalue weighted by Crippen LogP contribution is 2.13. The first-order valence-electron chi connectivity index (χ1n) is 10.4. The van der Waals surface area contributed by atoms with Gasteiger partial charge in [0.25, 0.3) is 5.91 Å². The van der Waals surface area contributed by atoms with Gasteiger partial charge in [0.2, 0.25) is 0 Å². The zero-order valence-electron chi connectivity index (χ0n) is 19.1. The second-order valence-electron chi connectivity index (χ2n) is 6.97. The summed E-state index contributed by atoms with van der Waals surface area (Å²) in [7, 11) is -4.67. The molecular weight excluding hydrogens is 628 g/mol. The van der Waals surface area contributed by atoms with Crippen LogP contribution in [-0.4, -0.2) is 35.9 Å². The van der Waals surface area contributed by atoms with Crippen LogP contribution in [0.3, 0.4) is 0 Å². The standard InChI is InChI=1S/C25H20Br2N4O.H2O4S/c26-22(15-19-7-3-1-4-8-19)17-28-30-24-13-11-21(12-14-24)25(32)31-29-18-23(27)16-20-9-5-2-6-10-20;1-5(2,3)4/h1-18,30H,(H,31,32);(H2,1,2,3,4)/b22-15-,23-16-,28-17+,29-18+;. The molecule has 12 heteroatoms. The van der Waals surface area contributed by atoms with E-state index in [1.807, 2.05) is 72.8 Å². The lowest BCUT2D eigenvalue weighted by molar-refractivity contribution is 0.0955. The lowest BCUT2D eigenvalue weighted by Crippen LogP contribution is -2.17. The second-order valence-corrected chi connectivity index (χ2v) is 9.70. The van der Waals surface area contributed by atoms with Gasteiger partial charge in [-0.2, -0.15) is 18.6 Å². The van der Waals surface area contributed by atoms with Gasteiger partial charge in [0.05, 0.1) is 18.1 Å². The minimum Gasteiger partial charge on any atom is -0.278 e. The Morgan fingerprint density at radius 2 is 1.16 bits per heavy atom. The number of halogens is 2. The smallest absolute Gasteiger partial charge is 0.278 e. The van der Waals surface area contributed by atoms with E-state index in [2.05, 4.69) is 52.9 Å². The Morgan fingerprint density at radius 3 is 1.62 bits per heavy atom. The SMILES string of the molecule is O=C(N/N=C/C(Br)=C/c1ccccc1)c1ccc(N/N=C/C(Br)=C/c2ccccc2)cc1.O=S(=O)(O)O. The molecule has 4 N–H and O–H groups in total. The summed E-state index contributed by atoms with van der Waals surface area (Å²) in [5.41, 5.74) is 8.80. The first kappa shape index (κ1) is 29.8. The highest BCUT2D eigenvalue weighted by Gasteiger charge is 2.03. The fraction of sp³-hybridized carbons (Fsp3) is 0. The van der Waals surface area contributed by atoms with Crippen molar-refractivity contribution in [3.63, 3.8) is 0 Å². The molecule has 0 radical (unpaired) electrons. The highest BCUT2D eigenvalue weighted by atomic mass is 79.9. The largest absolute Gasteiger partial charge is 0.394 e. The van der Waals surface area contributed by atoms with E-state index in [1.165, 1.54) is 6.21 Å². The Balaban J connectivity index is 0.000000877. The van der Waals surface area contributed by atoms with E-state index in [-0.39, 0.29) is 5.91 Å². The van der Waals surface area contributed by atoms with Crippen LogP contribution in [0.1, 0.15) is 21.5 Å². The minimum atomic E-state index is -4.67. The van der Waals surface area contributed by atoms with Crippen LogP contribution in [0.4, 0.5) is 5.69 Å². The van der Waals surface area contributed by atoms with E-state index in [0.717, 1.165) is 25.8 Å². The van der Waals surface area contributed by atoms with Gasteiger partial charge in [-0.05, 0) is 79.4 Å². The number of hydrogen-bond acceptors (Lipinski definition) is 6. The van der Waals surface area contributed by atoms with Crippen molar-refractivity contribution in [1.29, 1.82) is 0 Å². The van der Waals surface area contributed by atoms with Crippen molar-refractivity contribution in [3.05, 3.63) is 111 Å². The topological polar surface area (TPSA) is 140 Å². The number of carbonyl (C=O) groups is 1. The van der Waals surface area contributed by atoms with Gasteiger partial charge in [0, 0.05) is 14.5 Å². The molecule has 0 bridgehead atoms. The molecule has 0 heterocycles. The van der Waals surface area contributed by atoms with Crippen LogP contribution in [0.15, 0.2) is 104 Å². The van der Waals surface area contributed by atoms with Crippen molar-refractivity contribution in [2.75, 3.05) is 5.43 Å². The summed E-state index contributed by atoms with van der Waals surface area (Å²) < 4.78 is 33.2. The van der Waals surface area contributed by atoms with Gasteiger partial charge in [0.1, 0.15) is 0 Å². The first-order valence-corrected chi connectivity index (χ1v) is 13.4. The number of anilines is 1. The van der Waals surface area contributed by atoms with E-state index >= 15 is 0 Å². The lowest BCUT2D eigenvalue weighted by Gasteiger charge is -2.03. The van der Waals surface area contributed by atoms with E-state index in [1.54, 1.807) is 30.5 Å². The molecule has 192 valence electrons. The maximum atomic E-state index is 12.2. The maximum absolute atomic E-state index is 12.2. The quantitative estimate of drug-likeness (QED) is 0.134. The number of nitrogens with zero attached hydrogens (tertiary/aromatic N) is 2. The van der Waals surface area contributed by atoms with Crippen molar-refractivity contribution >= 4 is 78.4 Å². The molecule has 0 atom stereocenters. The number of nitrogens with one attached hydrogen (secondary N) is 2. The summed E-state index contributed by atoms with van der Waals surface area (Å²) in [4.78, 5) is 12.2. The van der Waals surface area contributed by atoms with Gasteiger partial charge in [-0.1, -0.05) is 60.7 Å². The zero-order chi connectivity index (χ0) is 27.1. The molecule has 0 aromatic heterocycles. The van der Waals surface area contributed by atoms with Crippen LogP contribution in [0.5, 0.6) is 0 Å². The summed E-state index contributed by atoms with van der Waals surface area (Å²) in [6, 6.07) is 26.7. The van der Waals surface area contributed by atoms with E-state index in [0.29, 0.717) is 5.56 Å². The third-order valence-corrected chi connectivity index (χ3v) is 4.96. The molecule has 3 rings (SSSR count). The molecule has 0 saturated carbocycles. The van der Waals surface area contributed by atoms with Crippen LogP contribution < -0.4 is 10.9 Å². The Hall–Kier alpha value is -3.42. The third kappa shape index (κ3) is 14.0. The highest BCUT2D eigenvalue weighted by molar-refractivity contribution is 9.12. The van der Waals surface area contributed by atoms with E-state index in [4.69, 9.17) is 17.5 Å². The van der Waals surface area contributed by atoms with Crippen molar-refractivity contribution in [2.24, 2.45) is 10.2 Å². The van der Waals surface area contributed by atoms with Gasteiger partial charge in [-0.3, -0.25) is 19.3 Å². The van der Waals surface area contributed by atoms with E-state index < -0.39 is 10.4 Å². The van der Waals surface area contributed by atoms with Crippen LogP contribution in [0.25, 0.3) is 12.2 Å². The molecule has 0 spiro atoms. The molecule has 0 aliphatic heterocycles. The number of hydrazone groups is 2. The minimum absolute atomic E-state index is 0.301. The van der Waals surface area contributed by atoms with Gasteiger partial charge in [-0.25, -0.2) is 5.43 Å². The summed E-state index contributed by atoms with van der Waals surface area (Å²) in [6.07, 6.45) is 7.08. The number of hydrogen-bond donors (Lipinski definition) is 4. The predicted octanol–water partition coefficient (Wildman–Crippen LogP) is 6.02. The lowest BCUT2D eigenvalue weighted by atomic mass is 10.2.